The predicted octanol–water partition coefficient (Wildman–Crippen LogP) is 2.64. The van der Waals surface area contributed by atoms with E-state index < -0.39 is 11.7 Å². The van der Waals surface area contributed by atoms with Crippen LogP contribution in [0.1, 0.15) is 0 Å². The van der Waals surface area contributed by atoms with Crippen molar-refractivity contribution in [3.63, 3.8) is 0 Å². The van der Waals surface area contributed by atoms with Crippen molar-refractivity contribution in [2.24, 2.45) is 0 Å². The van der Waals surface area contributed by atoms with E-state index in [1.54, 1.807) is 19.2 Å². The molecule has 1 aromatic heterocycles. The van der Waals surface area contributed by atoms with Crippen molar-refractivity contribution in [1.29, 1.82) is 0 Å². The van der Waals surface area contributed by atoms with E-state index in [4.69, 9.17) is 9.47 Å². The SMILES string of the molecule is COc1ccccc1-c1nc(NC(=O)COc2cccc(F)c2)n[nH]1. The van der Waals surface area contributed by atoms with Gasteiger partial charge in [-0.25, -0.2) is 4.39 Å². The molecule has 0 aliphatic heterocycles. The molecular weight excluding hydrogens is 327 g/mol. The highest BCUT2D eigenvalue weighted by molar-refractivity contribution is 5.90. The number of H-pyrrole nitrogens is 1. The first-order valence-corrected chi connectivity index (χ1v) is 7.39. The lowest BCUT2D eigenvalue weighted by Gasteiger charge is -2.05. The van der Waals surface area contributed by atoms with Crippen LogP contribution in [0.5, 0.6) is 11.5 Å². The van der Waals surface area contributed by atoms with E-state index in [1.807, 2.05) is 18.2 Å². The number of carbonyl (C=O) groups excluding carboxylic acids is 1. The zero-order valence-electron chi connectivity index (χ0n) is 13.3. The molecule has 25 heavy (non-hydrogen) atoms. The maximum absolute atomic E-state index is 13.0. The van der Waals surface area contributed by atoms with Crippen LogP contribution < -0.4 is 14.8 Å². The number of benzene rings is 2. The molecule has 2 aromatic carbocycles. The van der Waals surface area contributed by atoms with Crippen molar-refractivity contribution in [1.82, 2.24) is 15.2 Å². The second-order valence-corrected chi connectivity index (χ2v) is 5.00. The summed E-state index contributed by atoms with van der Waals surface area (Å²) in [7, 11) is 1.56. The van der Waals surface area contributed by atoms with Gasteiger partial charge in [0.2, 0.25) is 5.95 Å². The quantitative estimate of drug-likeness (QED) is 0.719. The summed E-state index contributed by atoms with van der Waals surface area (Å²) in [6, 6.07) is 12.8. The van der Waals surface area contributed by atoms with Crippen molar-refractivity contribution < 1.29 is 18.7 Å². The van der Waals surface area contributed by atoms with Crippen molar-refractivity contribution in [3.05, 3.63) is 54.3 Å². The van der Waals surface area contributed by atoms with Crippen molar-refractivity contribution in [2.45, 2.75) is 0 Å². The largest absolute Gasteiger partial charge is 0.496 e. The zero-order valence-corrected chi connectivity index (χ0v) is 13.3. The van der Waals surface area contributed by atoms with E-state index in [2.05, 4.69) is 20.5 Å². The van der Waals surface area contributed by atoms with Crippen LogP contribution in [0.3, 0.4) is 0 Å². The average molecular weight is 342 g/mol. The van der Waals surface area contributed by atoms with Gasteiger partial charge in [0.15, 0.2) is 12.4 Å². The van der Waals surface area contributed by atoms with Crippen LogP contribution in [0, 0.1) is 5.82 Å². The highest BCUT2D eigenvalue weighted by atomic mass is 19.1. The van der Waals surface area contributed by atoms with Gasteiger partial charge >= 0.3 is 0 Å². The van der Waals surface area contributed by atoms with Crippen LogP contribution in [0.15, 0.2) is 48.5 Å². The number of carbonyl (C=O) groups is 1. The van der Waals surface area contributed by atoms with Gasteiger partial charge < -0.3 is 9.47 Å². The first kappa shape index (κ1) is 16.4. The maximum Gasteiger partial charge on any atom is 0.264 e. The number of rotatable bonds is 6. The number of anilines is 1. The highest BCUT2D eigenvalue weighted by Gasteiger charge is 2.12. The number of hydrogen-bond donors (Lipinski definition) is 2. The van der Waals surface area contributed by atoms with Gasteiger partial charge in [0.1, 0.15) is 17.3 Å². The number of hydrogen-bond acceptors (Lipinski definition) is 5. The second kappa shape index (κ2) is 7.43. The summed E-state index contributed by atoms with van der Waals surface area (Å²) in [5.41, 5.74) is 0.717. The molecule has 0 bridgehead atoms. The Balaban J connectivity index is 1.62. The van der Waals surface area contributed by atoms with Gasteiger partial charge in [-0.05, 0) is 24.3 Å². The number of nitrogens with zero attached hydrogens (tertiary/aromatic N) is 2. The van der Waals surface area contributed by atoms with Gasteiger partial charge in [0.25, 0.3) is 5.91 Å². The fourth-order valence-corrected chi connectivity index (χ4v) is 2.14. The molecule has 8 heteroatoms. The fraction of sp³-hybridized carbons (Fsp3) is 0.118. The Labute approximate surface area is 142 Å². The number of aromatic amines is 1. The van der Waals surface area contributed by atoms with Crippen molar-refractivity contribution >= 4 is 11.9 Å². The predicted molar refractivity (Wildman–Crippen MR) is 88.9 cm³/mol. The van der Waals surface area contributed by atoms with Crippen LogP contribution in [0.2, 0.25) is 0 Å². The maximum atomic E-state index is 13.0. The summed E-state index contributed by atoms with van der Waals surface area (Å²) < 4.78 is 23.5. The van der Waals surface area contributed by atoms with E-state index in [9.17, 15) is 9.18 Å². The van der Waals surface area contributed by atoms with E-state index in [-0.39, 0.29) is 18.3 Å². The molecule has 1 heterocycles. The topological polar surface area (TPSA) is 89.1 Å². The third-order valence-electron chi connectivity index (χ3n) is 3.26. The van der Waals surface area contributed by atoms with Gasteiger partial charge in [-0.3, -0.25) is 15.2 Å². The number of aromatic nitrogens is 3. The third kappa shape index (κ3) is 4.11. The van der Waals surface area contributed by atoms with Gasteiger partial charge in [0, 0.05) is 6.07 Å². The molecule has 0 fully saturated rings. The fourth-order valence-electron chi connectivity index (χ4n) is 2.14. The molecule has 0 unspecified atom stereocenters. The second-order valence-electron chi connectivity index (χ2n) is 5.00. The minimum atomic E-state index is -0.463. The highest BCUT2D eigenvalue weighted by Crippen LogP contribution is 2.27. The molecule has 1 amide bonds. The molecule has 0 saturated heterocycles. The smallest absolute Gasteiger partial charge is 0.264 e. The molecule has 128 valence electrons. The number of amides is 1. The third-order valence-corrected chi connectivity index (χ3v) is 3.26. The molecule has 3 aromatic rings. The molecular formula is C17H15FN4O3. The normalized spacial score (nSPS) is 10.3. The van der Waals surface area contributed by atoms with E-state index in [0.717, 1.165) is 0 Å². The van der Waals surface area contributed by atoms with Crippen molar-refractivity contribution in [2.75, 3.05) is 19.0 Å². The Morgan fingerprint density at radius 1 is 1.24 bits per heavy atom. The molecule has 0 spiro atoms. The number of halogens is 1. The molecule has 0 aliphatic rings. The summed E-state index contributed by atoms with van der Waals surface area (Å²) in [5, 5.41) is 9.18. The average Bonchev–Trinajstić information content (AvgIpc) is 3.08. The Morgan fingerprint density at radius 2 is 2.08 bits per heavy atom. The molecule has 2 N–H and O–H groups in total. The molecule has 0 atom stereocenters. The Morgan fingerprint density at radius 3 is 2.88 bits per heavy atom. The van der Waals surface area contributed by atoms with Gasteiger partial charge in [-0.15, -0.1) is 5.10 Å². The molecule has 0 radical (unpaired) electrons. The summed E-state index contributed by atoms with van der Waals surface area (Å²) in [6.07, 6.45) is 0. The number of para-hydroxylation sites is 1. The number of nitrogens with one attached hydrogen (secondary N) is 2. The first-order valence-electron chi connectivity index (χ1n) is 7.39. The lowest BCUT2D eigenvalue weighted by atomic mass is 10.2. The van der Waals surface area contributed by atoms with E-state index >= 15 is 0 Å². The van der Waals surface area contributed by atoms with Crippen molar-refractivity contribution in [3.8, 4) is 22.9 Å². The monoisotopic (exact) mass is 342 g/mol. The minimum Gasteiger partial charge on any atom is -0.496 e. The lowest BCUT2D eigenvalue weighted by Crippen LogP contribution is -2.20. The van der Waals surface area contributed by atoms with Gasteiger partial charge in [-0.1, -0.05) is 18.2 Å². The zero-order chi connectivity index (χ0) is 17.6. The van der Waals surface area contributed by atoms with Crippen LogP contribution in [-0.2, 0) is 4.79 Å². The summed E-state index contributed by atoms with van der Waals surface area (Å²) >= 11 is 0. The van der Waals surface area contributed by atoms with Crippen LogP contribution in [0.25, 0.3) is 11.4 Å². The summed E-state index contributed by atoms with van der Waals surface area (Å²) in [4.78, 5) is 16.1. The van der Waals surface area contributed by atoms with E-state index in [1.165, 1.54) is 18.2 Å². The standard InChI is InChI=1S/C17H15FN4O3/c1-24-14-8-3-2-7-13(14)16-20-17(22-21-16)19-15(23)10-25-12-6-4-5-11(18)9-12/h2-9H,10H2,1H3,(H2,19,20,21,22,23). The molecule has 0 aliphatic carbocycles. The Kier molecular flexibility index (Phi) is 4.89. The first-order chi connectivity index (χ1) is 12.2. The summed E-state index contributed by atoms with van der Waals surface area (Å²) in [5.74, 6) is 0.557. The van der Waals surface area contributed by atoms with Gasteiger partial charge in [-0.2, -0.15) is 4.98 Å². The molecule has 0 saturated carbocycles. The Bertz CT molecular complexity index is 882. The van der Waals surface area contributed by atoms with E-state index in [0.29, 0.717) is 17.1 Å². The van der Waals surface area contributed by atoms with Crippen LogP contribution in [-0.4, -0.2) is 34.8 Å². The Hall–Kier alpha value is -3.42. The van der Waals surface area contributed by atoms with Gasteiger partial charge in [0.05, 0.1) is 12.7 Å². The van der Waals surface area contributed by atoms with Crippen LogP contribution in [0.4, 0.5) is 10.3 Å². The molecule has 3 rings (SSSR count). The summed E-state index contributed by atoms with van der Waals surface area (Å²) in [6.45, 7) is -0.290. The lowest BCUT2D eigenvalue weighted by molar-refractivity contribution is -0.118. The minimum absolute atomic E-state index is 0.105. The molecule has 7 nitrogen and oxygen atoms in total. The van der Waals surface area contributed by atoms with Crippen LogP contribution >= 0.6 is 0 Å². The number of ether oxygens (including phenoxy) is 2. The number of methoxy groups -OCH3 is 1.